The molecule has 0 aliphatic carbocycles. The highest BCUT2D eigenvalue weighted by atomic mass is 35.5. The molecule has 2 aromatic rings. The summed E-state index contributed by atoms with van der Waals surface area (Å²) in [6, 6.07) is 8.24. The minimum Gasteiger partial charge on any atom is -0.394 e. The maximum atomic E-state index is 9.55. The fraction of sp³-hybridized carbons (Fsp3) is 0.550. The minimum absolute atomic E-state index is 0.0149. The van der Waals surface area contributed by atoms with Crippen LogP contribution in [0.15, 0.2) is 24.3 Å². The molecule has 6 nitrogen and oxygen atoms in total. The highest BCUT2D eigenvalue weighted by Crippen LogP contribution is 2.21. The van der Waals surface area contributed by atoms with Crippen LogP contribution in [0.2, 0.25) is 5.28 Å². The second-order valence-corrected chi connectivity index (χ2v) is 7.62. The van der Waals surface area contributed by atoms with Gasteiger partial charge in [-0.2, -0.15) is 9.97 Å². The molecule has 1 aromatic heterocycles. The molecule has 27 heavy (non-hydrogen) atoms. The molecule has 1 aromatic carbocycles. The van der Waals surface area contributed by atoms with Gasteiger partial charge in [-0.05, 0) is 41.0 Å². The maximum absolute atomic E-state index is 9.55. The van der Waals surface area contributed by atoms with E-state index in [0.29, 0.717) is 30.7 Å². The van der Waals surface area contributed by atoms with E-state index < -0.39 is 0 Å². The van der Waals surface area contributed by atoms with Crippen molar-refractivity contribution in [2.45, 2.75) is 52.2 Å². The lowest BCUT2D eigenvalue weighted by Crippen LogP contribution is -2.27. The van der Waals surface area contributed by atoms with Crippen molar-refractivity contribution in [2.24, 2.45) is 5.92 Å². The van der Waals surface area contributed by atoms with Crippen LogP contribution in [-0.2, 0) is 17.8 Å². The normalized spacial score (nSPS) is 13.6. The molecule has 2 atom stereocenters. The zero-order valence-corrected chi connectivity index (χ0v) is 17.2. The number of aliphatic hydroxyl groups excluding tert-OH is 1. The van der Waals surface area contributed by atoms with Gasteiger partial charge in [0.2, 0.25) is 11.2 Å². The Kier molecular flexibility index (Phi) is 8.41. The van der Waals surface area contributed by atoms with Crippen LogP contribution in [-0.4, -0.2) is 39.8 Å². The highest BCUT2D eigenvalue weighted by molar-refractivity contribution is 6.28. The van der Waals surface area contributed by atoms with Gasteiger partial charge in [0.15, 0.2) is 0 Å². The lowest BCUT2D eigenvalue weighted by atomic mass is 9.96. The number of hydrogen-bond donors (Lipinski definition) is 2. The number of benzene rings is 1. The number of ether oxygens (including phenoxy) is 1. The van der Waals surface area contributed by atoms with E-state index in [0.717, 1.165) is 12.0 Å². The van der Waals surface area contributed by atoms with Gasteiger partial charge in [-0.25, -0.2) is 4.98 Å². The van der Waals surface area contributed by atoms with Crippen LogP contribution in [0.4, 0.5) is 5.95 Å². The fourth-order valence-electron chi connectivity index (χ4n) is 2.98. The molecule has 148 valence electrons. The number of halogens is 1. The summed E-state index contributed by atoms with van der Waals surface area (Å²) in [6.45, 7) is 6.97. The monoisotopic (exact) mass is 392 g/mol. The van der Waals surface area contributed by atoms with Gasteiger partial charge in [-0.15, -0.1) is 0 Å². The van der Waals surface area contributed by atoms with Gasteiger partial charge in [0.1, 0.15) is 5.82 Å². The molecular weight excluding hydrogens is 364 g/mol. The van der Waals surface area contributed by atoms with Gasteiger partial charge >= 0.3 is 0 Å². The Balaban J connectivity index is 2.08. The average molecular weight is 393 g/mol. The van der Waals surface area contributed by atoms with E-state index in [1.54, 1.807) is 7.11 Å². The smallest absolute Gasteiger partial charge is 0.227 e. The van der Waals surface area contributed by atoms with Gasteiger partial charge < -0.3 is 15.2 Å². The number of aliphatic hydroxyl groups is 1. The van der Waals surface area contributed by atoms with Gasteiger partial charge in [-0.1, -0.05) is 45.0 Å². The molecule has 0 spiro atoms. The number of rotatable bonds is 10. The number of nitrogens with zero attached hydrogens (tertiary/aromatic N) is 3. The Hall–Kier alpha value is -1.76. The second kappa shape index (κ2) is 10.5. The fourth-order valence-corrected chi connectivity index (χ4v) is 3.16. The van der Waals surface area contributed by atoms with Crippen LogP contribution in [0.3, 0.4) is 0 Å². The second-order valence-electron chi connectivity index (χ2n) is 7.28. The lowest BCUT2D eigenvalue weighted by molar-refractivity contribution is 0.185. The largest absolute Gasteiger partial charge is 0.394 e. The van der Waals surface area contributed by atoms with Crippen LogP contribution in [0.1, 0.15) is 50.1 Å². The lowest BCUT2D eigenvalue weighted by Gasteiger charge is -2.18. The number of methoxy groups -OCH3 is 1. The molecule has 2 unspecified atom stereocenters. The summed E-state index contributed by atoms with van der Waals surface area (Å²) in [5.74, 6) is 1.73. The summed E-state index contributed by atoms with van der Waals surface area (Å²) >= 11 is 6.09. The summed E-state index contributed by atoms with van der Waals surface area (Å²) < 4.78 is 5.15. The molecule has 2 N–H and O–H groups in total. The van der Waals surface area contributed by atoms with E-state index in [4.69, 9.17) is 16.3 Å². The van der Waals surface area contributed by atoms with E-state index >= 15 is 0 Å². The molecular formula is C20H29ClN4O2. The van der Waals surface area contributed by atoms with Gasteiger partial charge in [0.05, 0.1) is 19.3 Å². The third-order valence-electron chi connectivity index (χ3n) is 4.31. The molecule has 0 amide bonds. The number of nitrogens with one attached hydrogen (secondary N) is 1. The molecule has 0 fully saturated rings. The minimum atomic E-state index is -0.109. The van der Waals surface area contributed by atoms with Crippen molar-refractivity contribution >= 4 is 17.5 Å². The topological polar surface area (TPSA) is 80.2 Å². The first-order valence-corrected chi connectivity index (χ1v) is 9.64. The molecule has 0 radical (unpaired) electrons. The van der Waals surface area contributed by atoms with E-state index in [1.165, 1.54) is 5.56 Å². The molecule has 0 saturated heterocycles. The standard InChI is InChI=1S/C20H29ClN4O2/c1-13(2)9-17(11-26)22-20-24-18(23-19(21)25-20)10-14(3)16-7-5-15(6-8-16)12-27-4/h5-8,13-14,17,26H,9-12H2,1-4H3,(H,22,23,24,25). The quantitative estimate of drug-likeness (QED) is 0.639. The number of aromatic nitrogens is 3. The Morgan fingerprint density at radius 2 is 1.81 bits per heavy atom. The zero-order chi connectivity index (χ0) is 19.8. The molecule has 7 heteroatoms. The summed E-state index contributed by atoms with van der Waals surface area (Å²) in [7, 11) is 1.69. The zero-order valence-electron chi connectivity index (χ0n) is 16.4. The Morgan fingerprint density at radius 3 is 2.41 bits per heavy atom. The van der Waals surface area contributed by atoms with E-state index in [2.05, 4.69) is 65.3 Å². The molecule has 1 heterocycles. The van der Waals surface area contributed by atoms with Crippen LogP contribution in [0.25, 0.3) is 0 Å². The van der Waals surface area contributed by atoms with Gasteiger partial charge in [-0.3, -0.25) is 0 Å². The maximum Gasteiger partial charge on any atom is 0.227 e. The summed E-state index contributed by atoms with van der Waals surface area (Å²) in [5.41, 5.74) is 2.34. The third-order valence-corrected chi connectivity index (χ3v) is 4.48. The van der Waals surface area contributed by atoms with Crippen molar-refractivity contribution < 1.29 is 9.84 Å². The molecule has 0 aliphatic heterocycles. The van der Waals surface area contributed by atoms with Crippen molar-refractivity contribution in [3.8, 4) is 0 Å². The van der Waals surface area contributed by atoms with E-state index in [9.17, 15) is 5.11 Å². The highest BCUT2D eigenvalue weighted by Gasteiger charge is 2.15. The Bertz CT molecular complexity index is 710. The van der Waals surface area contributed by atoms with Crippen molar-refractivity contribution in [3.05, 3.63) is 46.5 Å². The van der Waals surface area contributed by atoms with Crippen LogP contribution in [0, 0.1) is 5.92 Å². The van der Waals surface area contributed by atoms with Crippen LogP contribution >= 0.6 is 11.6 Å². The van der Waals surface area contributed by atoms with Crippen LogP contribution < -0.4 is 5.32 Å². The predicted molar refractivity (Wildman–Crippen MR) is 108 cm³/mol. The predicted octanol–water partition coefficient (Wildman–Crippen LogP) is 3.84. The summed E-state index contributed by atoms with van der Waals surface area (Å²) in [6.07, 6.45) is 1.47. The van der Waals surface area contributed by atoms with Gasteiger partial charge in [0.25, 0.3) is 0 Å². The summed E-state index contributed by atoms with van der Waals surface area (Å²) in [4.78, 5) is 12.9. The van der Waals surface area contributed by atoms with Crippen molar-refractivity contribution in [1.29, 1.82) is 0 Å². The van der Waals surface area contributed by atoms with Crippen molar-refractivity contribution in [1.82, 2.24) is 15.0 Å². The molecule has 0 saturated carbocycles. The van der Waals surface area contributed by atoms with E-state index in [1.807, 2.05) is 0 Å². The molecule has 0 aliphatic rings. The first-order chi connectivity index (χ1) is 12.9. The average Bonchev–Trinajstić information content (AvgIpc) is 2.61. The first-order valence-electron chi connectivity index (χ1n) is 9.26. The molecule has 0 bridgehead atoms. The Labute approximate surface area is 166 Å². The summed E-state index contributed by atoms with van der Waals surface area (Å²) in [5, 5.41) is 12.9. The number of anilines is 1. The third kappa shape index (κ3) is 7.05. The van der Waals surface area contributed by atoms with Gasteiger partial charge in [0, 0.05) is 13.5 Å². The van der Waals surface area contributed by atoms with E-state index in [-0.39, 0.29) is 23.9 Å². The number of hydrogen-bond acceptors (Lipinski definition) is 6. The Morgan fingerprint density at radius 1 is 1.11 bits per heavy atom. The van der Waals surface area contributed by atoms with Crippen LogP contribution in [0.5, 0.6) is 0 Å². The SMILES string of the molecule is COCc1ccc(C(C)Cc2nc(Cl)nc(NC(CO)CC(C)C)n2)cc1. The van der Waals surface area contributed by atoms with Crippen molar-refractivity contribution in [2.75, 3.05) is 19.0 Å². The molecule has 2 rings (SSSR count). The van der Waals surface area contributed by atoms with Crippen molar-refractivity contribution in [3.63, 3.8) is 0 Å². The first kappa shape index (κ1) is 21.5.